The number of H-pyrrole nitrogens is 1. The minimum atomic E-state index is 0.462. The Kier molecular flexibility index (Phi) is 4.31. The van der Waals surface area contributed by atoms with E-state index >= 15 is 0 Å². The summed E-state index contributed by atoms with van der Waals surface area (Å²) in [4.78, 5) is 0. The largest absolute Gasteiger partial charge is 0.250 e. The van der Waals surface area contributed by atoms with Crippen molar-refractivity contribution in [2.45, 2.75) is 6.92 Å². The van der Waals surface area contributed by atoms with E-state index in [1.165, 1.54) is 5.56 Å². The van der Waals surface area contributed by atoms with E-state index in [0.717, 1.165) is 15.6 Å². The fourth-order valence-electron chi connectivity index (χ4n) is 1.96. The topological polar surface area (TPSA) is 46.0 Å². The lowest BCUT2D eigenvalue weighted by atomic mass is 10.1. The number of aryl methyl sites for hydroxylation is 1. The first-order valence-electron chi connectivity index (χ1n) is 6.68. The molecule has 0 amide bonds. The molecule has 0 fully saturated rings. The second-order valence-electron chi connectivity index (χ2n) is 4.83. The van der Waals surface area contributed by atoms with Crippen LogP contribution in [0.25, 0.3) is 11.4 Å². The first-order valence-corrected chi connectivity index (χ1v) is 7.88. The molecule has 110 valence electrons. The number of halogens is 1. The van der Waals surface area contributed by atoms with Crippen LogP contribution < -0.4 is 0 Å². The highest BCUT2D eigenvalue weighted by molar-refractivity contribution is 9.10. The molecule has 0 bridgehead atoms. The summed E-state index contributed by atoms with van der Waals surface area (Å²) >= 11 is 8.67. The second kappa shape index (κ2) is 6.37. The molecule has 3 rings (SSSR count). The number of hydrogen-bond acceptors (Lipinski definition) is 3. The molecule has 22 heavy (non-hydrogen) atoms. The first-order chi connectivity index (χ1) is 10.6. The van der Waals surface area contributed by atoms with E-state index in [4.69, 9.17) is 12.2 Å². The number of hydrogen-bond donors (Lipinski definition) is 1. The third kappa shape index (κ3) is 3.23. The monoisotopic (exact) mass is 372 g/mol. The van der Waals surface area contributed by atoms with Gasteiger partial charge in [0.2, 0.25) is 4.77 Å². The van der Waals surface area contributed by atoms with Crippen LogP contribution in [-0.2, 0) is 0 Å². The van der Waals surface area contributed by atoms with Gasteiger partial charge in [-0.15, -0.1) is 0 Å². The predicted octanol–water partition coefficient (Wildman–Crippen LogP) is 4.56. The van der Waals surface area contributed by atoms with Crippen LogP contribution in [-0.4, -0.2) is 21.1 Å². The Morgan fingerprint density at radius 3 is 2.50 bits per heavy atom. The van der Waals surface area contributed by atoms with E-state index < -0.39 is 0 Å². The summed E-state index contributed by atoms with van der Waals surface area (Å²) in [7, 11) is 0. The van der Waals surface area contributed by atoms with Crippen molar-refractivity contribution in [1.29, 1.82) is 0 Å². The predicted molar refractivity (Wildman–Crippen MR) is 94.7 cm³/mol. The molecule has 0 saturated heterocycles. The van der Waals surface area contributed by atoms with Gasteiger partial charge < -0.3 is 0 Å². The maximum absolute atomic E-state index is 5.26. The van der Waals surface area contributed by atoms with Crippen LogP contribution in [0.3, 0.4) is 0 Å². The van der Waals surface area contributed by atoms with Crippen molar-refractivity contribution in [2.75, 3.05) is 0 Å². The van der Waals surface area contributed by atoms with Crippen LogP contribution in [0.4, 0.5) is 0 Å². The van der Waals surface area contributed by atoms with Crippen molar-refractivity contribution in [1.82, 2.24) is 14.9 Å². The molecule has 1 aromatic heterocycles. The molecule has 0 aliphatic rings. The zero-order valence-electron chi connectivity index (χ0n) is 11.8. The van der Waals surface area contributed by atoms with Gasteiger partial charge in [0.1, 0.15) is 0 Å². The average Bonchev–Trinajstić information content (AvgIpc) is 2.89. The van der Waals surface area contributed by atoms with Crippen LogP contribution >= 0.6 is 28.1 Å². The van der Waals surface area contributed by atoms with Gasteiger partial charge in [0.25, 0.3) is 0 Å². The molecule has 1 heterocycles. The van der Waals surface area contributed by atoms with E-state index in [0.29, 0.717) is 10.6 Å². The molecule has 0 spiro atoms. The Morgan fingerprint density at radius 1 is 1.14 bits per heavy atom. The molecular formula is C16H13BrN4S. The van der Waals surface area contributed by atoms with E-state index in [2.05, 4.69) is 31.2 Å². The van der Waals surface area contributed by atoms with E-state index in [1.54, 1.807) is 10.9 Å². The molecular weight excluding hydrogens is 360 g/mol. The summed E-state index contributed by atoms with van der Waals surface area (Å²) in [6, 6.07) is 16.0. The highest BCUT2D eigenvalue weighted by atomic mass is 79.9. The van der Waals surface area contributed by atoms with Crippen molar-refractivity contribution in [2.24, 2.45) is 5.10 Å². The second-order valence-corrected chi connectivity index (χ2v) is 6.13. The number of benzene rings is 2. The van der Waals surface area contributed by atoms with Crippen LogP contribution in [0.1, 0.15) is 11.1 Å². The molecule has 0 saturated carbocycles. The molecule has 2 aromatic carbocycles. The third-order valence-electron chi connectivity index (χ3n) is 3.15. The van der Waals surface area contributed by atoms with Gasteiger partial charge in [0.05, 0.1) is 6.21 Å². The van der Waals surface area contributed by atoms with Crippen LogP contribution in [0.2, 0.25) is 0 Å². The normalized spacial score (nSPS) is 11.2. The molecule has 6 heteroatoms. The number of aromatic amines is 1. The van der Waals surface area contributed by atoms with E-state index in [-0.39, 0.29) is 0 Å². The number of aromatic nitrogens is 3. The Bertz CT molecular complexity index is 860. The minimum absolute atomic E-state index is 0.462. The summed E-state index contributed by atoms with van der Waals surface area (Å²) in [5, 5.41) is 11.5. The summed E-state index contributed by atoms with van der Waals surface area (Å²) in [6.45, 7) is 2.05. The Hall–Kier alpha value is -2.05. The maximum atomic E-state index is 5.26. The summed E-state index contributed by atoms with van der Waals surface area (Å²) in [6.07, 6.45) is 1.76. The van der Waals surface area contributed by atoms with Crippen molar-refractivity contribution >= 4 is 34.4 Å². The molecule has 0 aliphatic carbocycles. The fourth-order valence-corrected chi connectivity index (χ4v) is 2.41. The van der Waals surface area contributed by atoms with Gasteiger partial charge in [0, 0.05) is 10.0 Å². The van der Waals surface area contributed by atoms with Gasteiger partial charge in [-0.1, -0.05) is 57.9 Å². The third-order valence-corrected chi connectivity index (χ3v) is 3.95. The average molecular weight is 373 g/mol. The lowest BCUT2D eigenvalue weighted by Gasteiger charge is -2.01. The Labute approximate surface area is 141 Å². The van der Waals surface area contributed by atoms with Gasteiger partial charge in [-0.05, 0) is 36.8 Å². The maximum Gasteiger partial charge on any atom is 0.216 e. The molecule has 0 radical (unpaired) electrons. The Morgan fingerprint density at radius 2 is 1.82 bits per heavy atom. The summed E-state index contributed by atoms with van der Waals surface area (Å²) in [5.74, 6) is 0.693. The van der Waals surface area contributed by atoms with Gasteiger partial charge >= 0.3 is 0 Å². The lowest BCUT2D eigenvalue weighted by Crippen LogP contribution is -1.95. The van der Waals surface area contributed by atoms with E-state index in [9.17, 15) is 0 Å². The summed E-state index contributed by atoms with van der Waals surface area (Å²) < 4.78 is 3.12. The fraction of sp³-hybridized carbons (Fsp3) is 0.0625. The standard InChI is InChI=1S/C16H13BrN4S/c1-11-2-6-13(7-3-11)15-19-20-16(22)21(15)18-10-12-4-8-14(17)9-5-12/h2-10H,1H3,(H,20,22). The van der Waals surface area contributed by atoms with Gasteiger partial charge in [-0.2, -0.15) is 14.9 Å². The van der Waals surface area contributed by atoms with Gasteiger partial charge in [-0.3, -0.25) is 0 Å². The smallest absolute Gasteiger partial charge is 0.216 e. The van der Waals surface area contributed by atoms with Gasteiger partial charge in [0.15, 0.2) is 5.82 Å². The first kappa shape index (κ1) is 14.9. The van der Waals surface area contributed by atoms with Gasteiger partial charge in [-0.25, -0.2) is 5.10 Å². The van der Waals surface area contributed by atoms with Crippen molar-refractivity contribution in [3.8, 4) is 11.4 Å². The van der Waals surface area contributed by atoms with Crippen molar-refractivity contribution in [3.63, 3.8) is 0 Å². The highest BCUT2D eigenvalue weighted by Crippen LogP contribution is 2.18. The molecule has 0 aliphatic heterocycles. The lowest BCUT2D eigenvalue weighted by molar-refractivity contribution is 0.871. The quantitative estimate of drug-likeness (QED) is 0.540. The highest BCUT2D eigenvalue weighted by Gasteiger charge is 2.07. The summed E-state index contributed by atoms with van der Waals surface area (Å²) in [5.41, 5.74) is 3.15. The zero-order chi connectivity index (χ0) is 15.5. The Balaban J connectivity index is 1.97. The molecule has 0 unspecified atom stereocenters. The van der Waals surface area contributed by atoms with Crippen LogP contribution in [0.15, 0.2) is 58.1 Å². The van der Waals surface area contributed by atoms with Crippen molar-refractivity contribution in [3.05, 3.63) is 68.9 Å². The molecule has 3 aromatic rings. The number of rotatable bonds is 3. The van der Waals surface area contributed by atoms with Crippen LogP contribution in [0.5, 0.6) is 0 Å². The number of nitrogens with one attached hydrogen (secondary N) is 1. The van der Waals surface area contributed by atoms with Crippen molar-refractivity contribution < 1.29 is 0 Å². The van der Waals surface area contributed by atoms with Crippen LogP contribution in [0, 0.1) is 11.7 Å². The SMILES string of the molecule is Cc1ccc(-c2n[nH]c(=S)n2N=Cc2ccc(Br)cc2)cc1. The molecule has 4 nitrogen and oxygen atoms in total. The zero-order valence-corrected chi connectivity index (χ0v) is 14.2. The number of nitrogens with zero attached hydrogens (tertiary/aromatic N) is 3. The van der Waals surface area contributed by atoms with E-state index in [1.807, 2.05) is 55.5 Å². The minimum Gasteiger partial charge on any atom is -0.250 e. The molecule has 1 N–H and O–H groups in total. The molecule has 0 atom stereocenters.